The molecular weight excluding hydrogens is 260 g/mol. The maximum Gasteiger partial charge on any atom is 0.0534 e. The van der Waals surface area contributed by atoms with Gasteiger partial charge in [0.15, 0.2) is 0 Å². The Morgan fingerprint density at radius 1 is 1.33 bits per heavy atom. The van der Waals surface area contributed by atoms with E-state index in [1.54, 1.807) is 0 Å². The van der Waals surface area contributed by atoms with Gasteiger partial charge < -0.3 is 10.2 Å². The summed E-state index contributed by atoms with van der Waals surface area (Å²) in [6, 6.07) is 9.02. The third-order valence-electron chi connectivity index (χ3n) is 3.92. The molecule has 2 aromatic rings. The van der Waals surface area contributed by atoms with Gasteiger partial charge in [-0.05, 0) is 45.1 Å². The smallest absolute Gasteiger partial charge is 0.0534 e. The summed E-state index contributed by atoms with van der Waals surface area (Å²) < 4.78 is 1.85. The largest absolute Gasteiger partial charge is 0.313 e. The van der Waals surface area contributed by atoms with Crippen LogP contribution in [0.1, 0.15) is 29.2 Å². The first-order valence-electron chi connectivity index (χ1n) is 7.49. The van der Waals surface area contributed by atoms with E-state index < -0.39 is 0 Å². The maximum atomic E-state index is 4.22. The topological polar surface area (TPSA) is 33.1 Å². The minimum atomic E-state index is 0.405. The predicted octanol–water partition coefficient (Wildman–Crippen LogP) is 2.51. The minimum absolute atomic E-state index is 0.405. The predicted molar refractivity (Wildman–Crippen MR) is 87.1 cm³/mol. The van der Waals surface area contributed by atoms with E-state index in [1.807, 2.05) is 25.0 Å². The number of rotatable bonds is 7. The lowest BCUT2D eigenvalue weighted by Crippen LogP contribution is -2.25. The first kappa shape index (κ1) is 15.7. The molecule has 1 atom stereocenters. The van der Waals surface area contributed by atoms with Crippen molar-refractivity contribution in [1.29, 1.82) is 0 Å². The molecule has 1 aromatic heterocycles. The van der Waals surface area contributed by atoms with Crippen LogP contribution in [0.2, 0.25) is 0 Å². The Hall–Kier alpha value is -1.65. The summed E-state index contributed by atoms with van der Waals surface area (Å²) in [5, 5.41) is 7.66. The molecule has 114 valence electrons. The minimum Gasteiger partial charge on any atom is -0.313 e. The molecule has 0 spiro atoms. The molecule has 0 aliphatic carbocycles. The summed E-state index contributed by atoms with van der Waals surface area (Å²) in [5.41, 5.74) is 4.01. The van der Waals surface area contributed by atoms with Crippen LogP contribution in [0.25, 0.3) is 0 Å². The van der Waals surface area contributed by atoms with Gasteiger partial charge in [-0.1, -0.05) is 24.3 Å². The van der Waals surface area contributed by atoms with Crippen LogP contribution < -0.4 is 5.32 Å². The highest BCUT2D eigenvalue weighted by molar-refractivity contribution is 5.28. The Morgan fingerprint density at radius 3 is 2.71 bits per heavy atom. The Kier molecular flexibility index (Phi) is 5.53. The molecule has 0 saturated carbocycles. The zero-order valence-electron chi connectivity index (χ0n) is 13.5. The van der Waals surface area contributed by atoms with Crippen molar-refractivity contribution >= 4 is 0 Å². The van der Waals surface area contributed by atoms with E-state index in [1.165, 1.54) is 16.7 Å². The fourth-order valence-corrected chi connectivity index (χ4v) is 2.73. The first-order valence-corrected chi connectivity index (χ1v) is 7.49. The Labute approximate surface area is 127 Å². The molecule has 1 unspecified atom stereocenters. The Bertz CT molecular complexity index is 561. The summed E-state index contributed by atoms with van der Waals surface area (Å²) >= 11 is 0. The van der Waals surface area contributed by atoms with E-state index in [0.29, 0.717) is 6.04 Å². The molecule has 0 saturated heterocycles. The number of aromatic nitrogens is 2. The number of hydrogen-bond donors (Lipinski definition) is 1. The second kappa shape index (κ2) is 7.38. The van der Waals surface area contributed by atoms with E-state index >= 15 is 0 Å². The zero-order chi connectivity index (χ0) is 15.2. The summed E-state index contributed by atoms with van der Waals surface area (Å²) in [6.07, 6.45) is 5.11. The normalized spacial score (nSPS) is 12.8. The summed E-state index contributed by atoms with van der Waals surface area (Å²) in [5.74, 6) is 0. The molecular formula is C17H26N4. The lowest BCUT2D eigenvalue weighted by molar-refractivity contribution is 0.303. The maximum absolute atomic E-state index is 4.22. The lowest BCUT2D eigenvalue weighted by Gasteiger charge is -2.22. The van der Waals surface area contributed by atoms with Gasteiger partial charge in [-0.15, -0.1) is 0 Å². The lowest BCUT2D eigenvalue weighted by atomic mass is 9.99. The summed E-state index contributed by atoms with van der Waals surface area (Å²) in [4.78, 5) is 2.35. The molecule has 0 aliphatic heterocycles. The highest BCUT2D eigenvalue weighted by Crippen LogP contribution is 2.20. The molecule has 4 heteroatoms. The second-order valence-corrected chi connectivity index (χ2v) is 5.75. The number of benzene rings is 1. The summed E-state index contributed by atoms with van der Waals surface area (Å²) in [6.45, 7) is 4.17. The molecule has 21 heavy (non-hydrogen) atoms. The van der Waals surface area contributed by atoms with Crippen LogP contribution in [-0.2, 0) is 13.6 Å². The van der Waals surface area contributed by atoms with Gasteiger partial charge in [0.25, 0.3) is 0 Å². The average molecular weight is 286 g/mol. The van der Waals surface area contributed by atoms with Crippen LogP contribution >= 0.6 is 0 Å². The standard InChI is InChI=1S/C17H26N4/c1-14-7-5-6-8-16(14)17(18-2)9-10-20(3)12-15-11-19-21(4)13-15/h5-8,11,13,17-18H,9-10,12H2,1-4H3. The molecule has 0 bridgehead atoms. The third kappa shape index (κ3) is 4.41. The van der Waals surface area contributed by atoms with Crippen molar-refractivity contribution in [2.75, 3.05) is 20.6 Å². The van der Waals surface area contributed by atoms with Gasteiger partial charge in [0, 0.05) is 31.4 Å². The molecule has 1 heterocycles. The first-order chi connectivity index (χ1) is 10.1. The molecule has 4 nitrogen and oxygen atoms in total. The van der Waals surface area contributed by atoms with E-state index in [4.69, 9.17) is 0 Å². The van der Waals surface area contributed by atoms with E-state index in [9.17, 15) is 0 Å². The fraction of sp³-hybridized carbons (Fsp3) is 0.471. The monoisotopic (exact) mass is 286 g/mol. The molecule has 0 aliphatic rings. The average Bonchev–Trinajstić information content (AvgIpc) is 2.86. The van der Waals surface area contributed by atoms with Crippen LogP contribution in [0.15, 0.2) is 36.7 Å². The van der Waals surface area contributed by atoms with Gasteiger partial charge in [-0.3, -0.25) is 4.68 Å². The van der Waals surface area contributed by atoms with E-state index in [2.05, 4.69) is 59.7 Å². The van der Waals surface area contributed by atoms with Gasteiger partial charge in [0.05, 0.1) is 6.20 Å². The van der Waals surface area contributed by atoms with Gasteiger partial charge in [0.2, 0.25) is 0 Å². The van der Waals surface area contributed by atoms with Crippen molar-refractivity contribution in [3.63, 3.8) is 0 Å². The van der Waals surface area contributed by atoms with Crippen LogP contribution in [0, 0.1) is 6.92 Å². The van der Waals surface area contributed by atoms with Crippen molar-refractivity contribution in [2.45, 2.75) is 25.9 Å². The van der Waals surface area contributed by atoms with Crippen molar-refractivity contribution < 1.29 is 0 Å². The van der Waals surface area contributed by atoms with Crippen LogP contribution in [0.4, 0.5) is 0 Å². The van der Waals surface area contributed by atoms with Crippen molar-refractivity contribution in [3.8, 4) is 0 Å². The number of hydrogen-bond acceptors (Lipinski definition) is 3. The van der Waals surface area contributed by atoms with Crippen LogP contribution in [0.3, 0.4) is 0 Å². The van der Waals surface area contributed by atoms with Crippen molar-refractivity contribution in [1.82, 2.24) is 20.0 Å². The van der Waals surface area contributed by atoms with Gasteiger partial charge in [-0.2, -0.15) is 5.10 Å². The molecule has 1 aromatic carbocycles. The van der Waals surface area contributed by atoms with Crippen molar-refractivity contribution in [3.05, 3.63) is 53.3 Å². The number of aryl methyl sites for hydroxylation is 2. The Balaban J connectivity index is 1.89. The molecule has 1 N–H and O–H groups in total. The number of nitrogens with zero attached hydrogens (tertiary/aromatic N) is 3. The van der Waals surface area contributed by atoms with Gasteiger partial charge in [0.1, 0.15) is 0 Å². The fourth-order valence-electron chi connectivity index (χ4n) is 2.73. The number of nitrogens with one attached hydrogen (secondary N) is 1. The molecule has 2 rings (SSSR count). The van der Waals surface area contributed by atoms with E-state index in [0.717, 1.165) is 19.5 Å². The zero-order valence-corrected chi connectivity index (χ0v) is 13.5. The van der Waals surface area contributed by atoms with Crippen molar-refractivity contribution in [2.24, 2.45) is 7.05 Å². The quantitative estimate of drug-likeness (QED) is 0.849. The molecule has 0 fully saturated rings. The SMILES string of the molecule is CNC(CCN(C)Cc1cnn(C)c1)c1ccccc1C. The summed E-state index contributed by atoms with van der Waals surface area (Å²) in [7, 11) is 6.16. The van der Waals surface area contributed by atoms with E-state index in [-0.39, 0.29) is 0 Å². The second-order valence-electron chi connectivity index (χ2n) is 5.75. The third-order valence-corrected chi connectivity index (χ3v) is 3.92. The van der Waals surface area contributed by atoms with Crippen LogP contribution in [0.5, 0.6) is 0 Å². The molecule has 0 radical (unpaired) electrons. The van der Waals surface area contributed by atoms with Gasteiger partial charge in [-0.25, -0.2) is 0 Å². The highest BCUT2D eigenvalue weighted by atomic mass is 15.2. The highest BCUT2D eigenvalue weighted by Gasteiger charge is 2.12. The van der Waals surface area contributed by atoms with Gasteiger partial charge >= 0.3 is 0 Å². The van der Waals surface area contributed by atoms with Crippen LogP contribution in [-0.4, -0.2) is 35.3 Å². The molecule has 0 amide bonds. The Morgan fingerprint density at radius 2 is 2.10 bits per heavy atom.